The lowest BCUT2D eigenvalue weighted by molar-refractivity contribution is -0.153. The molecule has 0 spiro atoms. The second-order valence-electron chi connectivity index (χ2n) is 7.33. The summed E-state index contributed by atoms with van der Waals surface area (Å²) in [5.41, 5.74) is 1.01. The minimum absolute atomic E-state index is 0.0329. The van der Waals surface area contributed by atoms with Gasteiger partial charge in [-0.25, -0.2) is 4.68 Å². The molecule has 33 heavy (non-hydrogen) atoms. The minimum atomic E-state index is -1.08. The fourth-order valence-corrected chi connectivity index (χ4v) is 3.17. The lowest BCUT2D eigenvalue weighted by atomic mass is 10.3. The van der Waals surface area contributed by atoms with Gasteiger partial charge in [0.25, 0.3) is 11.5 Å². The molecule has 9 nitrogen and oxygen atoms in total. The van der Waals surface area contributed by atoms with E-state index in [0.717, 1.165) is 0 Å². The van der Waals surface area contributed by atoms with Crippen molar-refractivity contribution in [1.82, 2.24) is 9.36 Å². The second kappa shape index (κ2) is 10.5. The van der Waals surface area contributed by atoms with Gasteiger partial charge in [0.2, 0.25) is 0 Å². The van der Waals surface area contributed by atoms with Crippen LogP contribution in [0.1, 0.15) is 19.0 Å². The molecule has 1 amide bonds. The molecule has 1 unspecified atom stereocenters. The van der Waals surface area contributed by atoms with Crippen molar-refractivity contribution in [3.63, 3.8) is 0 Å². The summed E-state index contributed by atoms with van der Waals surface area (Å²) in [6, 6.07) is 16.0. The Morgan fingerprint density at radius 3 is 2.30 bits per heavy atom. The van der Waals surface area contributed by atoms with E-state index in [0.29, 0.717) is 22.9 Å². The van der Waals surface area contributed by atoms with Gasteiger partial charge in [0.05, 0.1) is 31.5 Å². The lowest BCUT2D eigenvalue weighted by Gasteiger charge is -2.13. The first kappa shape index (κ1) is 23.6. The number of hydrogen-bond acceptors (Lipinski definition) is 6. The summed E-state index contributed by atoms with van der Waals surface area (Å²) in [7, 11) is 3.30. The van der Waals surface area contributed by atoms with Crippen LogP contribution in [-0.2, 0) is 21.4 Å². The second-order valence-corrected chi connectivity index (χ2v) is 7.33. The first-order valence-corrected chi connectivity index (χ1v) is 10.4. The van der Waals surface area contributed by atoms with Crippen molar-refractivity contribution in [2.24, 2.45) is 7.05 Å². The number of amides is 1. The van der Waals surface area contributed by atoms with Gasteiger partial charge in [0.1, 0.15) is 17.2 Å². The van der Waals surface area contributed by atoms with E-state index in [1.54, 1.807) is 62.2 Å². The van der Waals surface area contributed by atoms with E-state index in [2.05, 4.69) is 5.32 Å². The maximum absolute atomic E-state index is 12.9. The zero-order valence-corrected chi connectivity index (χ0v) is 19.0. The molecule has 1 heterocycles. The molecule has 1 N–H and O–H groups in total. The van der Waals surface area contributed by atoms with Crippen LogP contribution in [0.25, 0.3) is 5.69 Å². The Morgan fingerprint density at radius 2 is 1.67 bits per heavy atom. The zero-order valence-electron chi connectivity index (χ0n) is 19.0. The van der Waals surface area contributed by atoms with Gasteiger partial charge in [-0.2, -0.15) is 0 Å². The highest BCUT2D eigenvalue weighted by Crippen LogP contribution is 2.17. The summed E-state index contributed by atoms with van der Waals surface area (Å²) in [5, 5.41) is 2.59. The van der Waals surface area contributed by atoms with E-state index < -0.39 is 18.0 Å². The van der Waals surface area contributed by atoms with E-state index in [9.17, 15) is 14.4 Å². The average Bonchev–Trinajstić information content (AvgIpc) is 3.03. The molecule has 0 fully saturated rings. The number of ether oxygens (including phenoxy) is 3. The molecular weight excluding hydrogens is 426 g/mol. The number of benzene rings is 2. The quantitative estimate of drug-likeness (QED) is 0.500. The Morgan fingerprint density at radius 1 is 1.03 bits per heavy atom. The third kappa shape index (κ3) is 5.62. The normalized spacial score (nSPS) is 11.5. The maximum Gasteiger partial charge on any atom is 0.310 e. The van der Waals surface area contributed by atoms with E-state index >= 15 is 0 Å². The zero-order chi connectivity index (χ0) is 24.0. The van der Waals surface area contributed by atoms with Gasteiger partial charge in [0.15, 0.2) is 6.10 Å². The Labute approximate surface area is 191 Å². The largest absolute Gasteiger partial charge is 0.497 e. The smallest absolute Gasteiger partial charge is 0.310 e. The maximum atomic E-state index is 12.9. The number of carbonyl (C=O) groups is 2. The summed E-state index contributed by atoms with van der Waals surface area (Å²) < 4.78 is 18.9. The molecule has 0 saturated heterocycles. The van der Waals surface area contributed by atoms with Gasteiger partial charge in [-0.3, -0.25) is 19.1 Å². The van der Waals surface area contributed by atoms with Crippen molar-refractivity contribution in [2.45, 2.75) is 26.4 Å². The van der Waals surface area contributed by atoms with Gasteiger partial charge in [0, 0.05) is 7.05 Å². The van der Waals surface area contributed by atoms with Gasteiger partial charge in [-0.05, 0) is 50.2 Å². The summed E-state index contributed by atoms with van der Waals surface area (Å²) in [6.45, 7) is 3.27. The Balaban J connectivity index is 1.56. The third-order valence-corrected chi connectivity index (χ3v) is 5.11. The van der Waals surface area contributed by atoms with Gasteiger partial charge < -0.3 is 19.5 Å². The number of hydrogen-bond donors (Lipinski definition) is 1. The SMILES string of the molecule is COc1ccc(OCCC(=O)OC(C)C(=O)Nc2c(C)n(C)n(-c3ccccc3)c2=O)cc1. The van der Waals surface area contributed by atoms with Gasteiger partial charge >= 0.3 is 5.97 Å². The predicted octanol–water partition coefficient (Wildman–Crippen LogP) is 2.83. The molecular formula is C24H27N3O6. The monoisotopic (exact) mass is 453 g/mol. The topological polar surface area (TPSA) is 101 Å². The lowest BCUT2D eigenvalue weighted by Crippen LogP contribution is -2.32. The molecule has 0 aliphatic carbocycles. The Bertz CT molecular complexity index is 1170. The molecule has 9 heteroatoms. The van der Waals surface area contributed by atoms with Crippen LogP contribution in [0.3, 0.4) is 0 Å². The van der Waals surface area contributed by atoms with Crippen molar-refractivity contribution in [3.8, 4) is 17.2 Å². The van der Waals surface area contributed by atoms with Crippen molar-refractivity contribution in [3.05, 3.63) is 70.6 Å². The van der Waals surface area contributed by atoms with Crippen LogP contribution in [0.15, 0.2) is 59.4 Å². The summed E-state index contributed by atoms with van der Waals surface area (Å²) in [5.74, 6) is 0.109. The predicted molar refractivity (Wildman–Crippen MR) is 123 cm³/mol. The van der Waals surface area contributed by atoms with Crippen LogP contribution >= 0.6 is 0 Å². The van der Waals surface area contributed by atoms with Crippen molar-refractivity contribution in [2.75, 3.05) is 19.0 Å². The average molecular weight is 453 g/mol. The molecule has 0 saturated carbocycles. The Kier molecular flexibility index (Phi) is 7.55. The first-order chi connectivity index (χ1) is 15.8. The molecule has 1 aromatic heterocycles. The van der Waals surface area contributed by atoms with Gasteiger partial charge in [-0.1, -0.05) is 18.2 Å². The van der Waals surface area contributed by atoms with Crippen molar-refractivity contribution >= 4 is 17.6 Å². The summed E-state index contributed by atoms with van der Waals surface area (Å²) in [6.07, 6.45) is -1.11. The van der Waals surface area contributed by atoms with Crippen molar-refractivity contribution in [1.29, 1.82) is 0 Å². The van der Waals surface area contributed by atoms with E-state index in [-0.39, 0.29) is 24.3 Å². The molecule has 0 aliphatic rings. The molecule has 2 aromatic carbocycles. The summed E-state index contributed by atoms with van der Waals surface area (Å²) in [4.78, 5) is 37.6. The number of para-hydroxylation sites is 1. The van der Waals surface area contributed by atoms with Crippen LogP contribution in [0, 0.1) is 6.92 Å². The van der Waals surface area contributed by atoms with Crippen LogP contribution in [0.5, 0.6) is 11.5 Å². The molecule has 174 valence electrons. The minimum Gasteiger partial charge on any atom is -0.497 e. The van der Waals surface area contributed by atoms with Crippen LogP contribution in [0.4, 0.5) is 5.69 Å². The number of aromatic nitrogens is 2. The molecule has 3 rings (SSSR count). The molecule has 0 aliphatic heterocycles. The van der Waals surface area contributed by atoms with Crippen LogP contribution in [-0.4, -0.2) is 41.1 Å². The first-order valence-electron chi connectivity index (χ1n) is 10.4. The highest BCUT2D eigenvalue weighted by Gasteiger charge is 2.23. The fourth-order valence-electron chi connectivity index (χ4n) is 3.17. The molecule has 1 atom stereocenters. The number of esters is 1. The number of nitrogens with zero attached hydrogens (tertiary/aromatic N) is 2. The summed E-state index contributed by atoms with van der Waals surface area (Å²) >= 11 is 0. The standard InChI is InChI=1S/C24H27N3O6/c1-16-22(24(30)27(26(16)3)18-8-6-5-7-9-18)25-23(29)17(2)33-21(28)14-15-32-20-12-10-19(31-4)11-13-20/h5-13,17H,14-15H2,1-4H3,(H,25,29). The number of rotatable bonds is 9. The number of anilines is 1. The highest BCUT2D eigenvalue weighted by molar-refractivity contribution is 5.95. The molecule has 0 bridgehead atoms. The third-order valence-electron chi connectivity index (χ3n) is 5.11. The van der Waals surface area contributed by atoms with E-state index in [4.69, 9.17) is 14.2 Å². The molecule has 3 aromatic rings. The fraction of sp³-hybridized carbons (Fsp3) is 0.292. The van der Waals surface area contributed by atoms with E-state index in [1.165, 1.54) is 11.6 Å². The van der Waals surface area contributed by atoms with Crippen molar-refractivity contribution < 1.29 is 23.8 Å². The number of carbonyl (C=O) groups excluding carboxylic acids is 2. The van der Waals surface area contributed by atoms with Crippen LogP contribution in [0.2, 0.25) is 0 Å². The Hall–Kier alpha value is -4.01. The molecule has 0 radical (unpaired) electrons. The highest BCUT2D eigenvalue weighted by atomic mass is 16.5. The van der Waals surface area contributed by atoms with Crippen LogP contribution < -0.4 is 20.3 Å². The van der Waals surface area contributed by atoms with E-state index in [1.807, 2.05) is 18.2 Å². The van der Waals surface area contributed by atoms with Gasteiger partial charge in [-0.15, -0.1) is 0 Å². The number of methoxy groups -OCH3 is 1. The number of nitrogens with one attached hydrogen (secondary N) is 1.